The number of carbonyl (C=O) groups excluding carboxylic acids is 2. The maximum Gasteiger partial charge on any atom is 0.239 e. The lowest BCUT2D eigenvalue weighted by molar-refractivity contribution is -0.138. The summed E-state index contributed by atoms with van der Waals surface area (Å²) in [5, 5.41) is 9.09. The second kappa shape index (κ2) is 10.1. The monoisotopic (exact) mass is 347 g/mol. The average molecular weight is 348 g/mol. The molecule has 2 aliphatic rings. The van der Waals surface area contributed by atoms with Crippen LogP contribution in [-0.2, 0) is 14.3 Å². The van der Waals surface area contributed by atoms with Gasteiger partial charge < -0.3 is 20.7 Å². The Morgan fingerprint density at radius 2 is 1.83 bits per heavy atom. The Hall–Kier alpha value is -0.850. The third kappa shape index (κ3) is 5.94. The number of hydrogen-bond donors (Lipinski definition) is 3. The topological polar surface area (TPSA) is 79.5 Å². The van der Waals surface area contributed by atoms with Gasteiger partial charge >= 0.3 is 0 Å². The molecule has 1 saturated heterocycles. The first-order valence-electron chi connectivity index (χ1n) is 8.44. The molecule has 2 fully saturated rings. The van der Waals surface area contributed by atoms with E-state index in [0.29, 0.717) is 6.61 Å². The van der Waals surface area contributed by atoms with Gasteiger partial charge in [-0.2, -0.15) is 0 Å². The Labute approximate surface area is 144 Å². The molecule has 2 rings (SSSR count). The highest BCUT2D eigenvalue weighted by molar-refractivity contribution is 5.88. The van der Waals surface area contributed by atoms with Crippen LogP contribution in [0.1, 0.15) is 44.9 Å². The molecular formula is C16H30ClN3O3. The summed E-state index contributed by atoms with van der Waals surface area (Å²) < 4.78 is 5.24. The second-order valence-electron chi connectivity index (χ2n) is 6.55. The van der Waals surface area contributed by atoms with E-state index in [1.165, 1.54) is 19.3 Å². The minimum absolute atomic E-state index is 0. The predicted octanol–water partition coefficient (Wildman–Crippen LogP) is 0.990. The summed E-state index contributed by atoms with van der Waals surface area (Å²) in [4.78, 5) is 24.5. The zero-order chi connectivity index (χ0) is 15.8. The highest BCUT2D eigenvalue weighted by atomic mass is 35.5. The van der Waals surface area contributed by atoms with Crippen molar-refractivity contribution in [1.29, 1.82) is 0 Å². The Morgan fingerprint density at radius 3 is 2.43 bits per heavy atom. The van der Waals surface area contributed by atoms with E-state index in [2.05, 4.69) is 16.0 Å². The number of rotatable bonds is 6. The van der Waals surface area contributed by atoms with Crippen molar-refractivity contribution in [2.45, 2.75) is 51.0 Å². The normalized spacial score (nSPS) is 21.1. The third-order valence-electron chi connectivity index (χ3n) is 4.84. The standard InChI is InChI=1S/C16H29N3O3.ClH/c1-22-12-16(7-9-17-10-8-16)15(21)18-11-14(20)19-13-5-3-2-4-6-13;/h13,17H,2-12H2,1H3,(H,18,21)(H,19,20);1H. The van der Waals surface area contributed by atoms with Gasteiger partial charge in [-0.15, -0.1) is 12.4 Å². The van der Waals surface area contributed by atoms with E-state index in [9.17, 15) is 9.59 Å². The quantitative estimate of drug-likeness (QED) is 0.669. The second-order valence-corrected chi connectivity index (χ2v) is 6.55. The van der Waals surface area contributed by atoms with Crippen molar-refractivity contribution in [3.05, 3.63) is 0 Å². The molecule has 0 aromatic carbocycles. The van der Waals surface area contributed by atoms with Crippen LogP contribution in [0.4, 0.5) is 0 Å². The van der Waals surface area contributed by atoms with E-state index in [4.69, 9.17) is 4.74 Å². The molecule has 0 radical (unpaired) electrons. The lowest BCUT2D eigenvalue weighted by Crippen LogP contribution is -2.52. The fourth-order valence-corrected chi connectivity index (χ4v) is 3.49. The fraction of sp³-hybridized carbons (Fsp3) is 0.875. The highest BCUT2D eigenvalue weighted by Crippen LogP contribution is 2.29. The number of amides is 2. The van der Waals surface area contributed by atoms with Crippen LogP contribution in [0.25, 0.3) is 0 Å². The maximum absolute atomic E-state index is 12.5. The van der Waals surface area contributed by atoms with Crippen molar-refractivity contribution in [1.82, 2.24) is 16.0 Å². The molecule has 1 heterocycles. The van der Waals surface area contributed by atoms with Crippen molar-refractivity contribution in [2.75, 3.05) is 33.4 Å². The molecule has 0 aromatic rings. The molecule has 6 nitrogen and oxygen atoms in total. The number of ether oxygens (including phenoxy) is 1. The summed E-state index contributed by atoms with van der Waals surface area (Å²) in [7, 11) is 1.62. The Bertz CT molecular complexity index is 375. The van der Waals surface area contributed by atoms with Crippen LogP contribution in [0.5, 0.6) is 0 Å². The first-order valence-corrected chi connectivity index (χ1v) is 8.44. The molecule has 1 saturated carbocycles. The summed E-state index contributed by atoms with van der Waals surface area (Å²) in [6, 6.07) is 0.282. The predicted molar refractivity (Wildman–Crippen MR) is 91.7 cm³/mol. The largest absolute Gasteiger partial charge is 0.384 e. The van der Waals surface area contributed by atoms with E-state index >= 15 is 0 Å². The van der Waals surface area contributed by atoms with Crippen LogP contribution >= 0.6 is 12.4 Å². The minimum Gasteiger partial charge on any atom is -0.384 e. The average Bonchev–Trinajstić information content (AvgIpc) is 2.54. The van der Waals surface area contributed by atoms with Crippen molar-refractivity contribution >= 4 is 24.2 Å². The van der Waals surface area contributed by atoms with Gasteiger partial charge in [0.1, 0.15) is 0 Å². The van der Waals surface area contributed by atoms with Gasteiger partial charge in [-0.3, -0.25) is 9.59 Å². The third-order valence-corrected chi connectivity index (χ3v) is 4.84. The van der Waals surface area contributed by atoms with E-state index in [0.717, 1.165) is 38.8 Å². The van der Waals surface area contributed by atoms with Crippen molar-refractivity contribution in [3.63, 3.8) is 0 Å². The molecule has 1 aliphatic heterocycles. The molecule has 134 valence electrons. The molecule has 2 amide bonds. The van der Waals surface area contributed by atoms with Gasteiger partial charge in [-0.25, -0.2) is 0 Å². The first kappa shape index (κ1) is 20.2. The van der Waals surface area contributed by atoms with Gasteiger partial charge in [-0.05, 0) is 38.8 Å². The van der Waals surface area contributed by atoms with Gasteiger partial charge in [0.15, 0.2) is 0 Å². The van der Waals surface area contributed by atoms with Gasteiger partial charge in [0.2, 0.25) is 11.8 Å². The Balaban J connectivity index is 0.00000264. The molecule has 0 bridgehead atoms. The smallest absolute Gasteiger partial charge is 0.239 e. The minimum atomic E-state index is -0.495. The van der Waals surface area contributed by atoms with Crippen molar-refractivity contribution in [2.24, 2.45) is 5.41 Å². The zero-order valence-electron chi connectivity index (χ0n) is 14.0. The molecule has 23 heavy (non-hydrogen) atoms. The molecular weight excluding hydrogens is 318 g/mol. The van der Waals surface area contributed by atoms with E-state index in [1.807, 2.05) is 0 Å². The summed E-state index contributed by atoms with van der Waals surface area (Å²) in [6.07, 6.45) is 7.23. The maximum atomic E-state index is 12.5. The molecule has 3 N–H and O–H groups in total. The summed E-state index contributed by atoms with van der Waals surface area (Å²) >= 11 is 0. The first-order chi connectivity index (χ1) is 10.7. The van der Waals surface area contributed by atoms with Crippen LogP contribution in [0, 0.1) is 5.41 Å². The highest BCUT2D eigenvalue weighted by Gasteiger charge is 2.39. The number of hydrogen-bond acceptors (Lipinski definition) is 4. The summed E-state index contributed by atoms with van der Waals surface area (Å²) in [5.74, 6) is -0.142. The van der Waals surface area contributed by atoms with Crippen LogP contribution in [0.2, 0.25) is 0 Å². The summed E-state index contributed by atoms with van der Waals surface area (Å²) in [5.41, 5.74) is -0.495. The number of halogens is 1. The van der Waals surface area contributed by atoms with Crippen LogP contribution in [-0.4, -0.2) is 51.2 Å². The molecule has 1 aliphatic carbocycles. The molecule has 0 atom stereocenters. The van der Waals surface area contributed by atoms with Crippen LogP contribution in [0.15, 0.2) is 0 Å². The molecule has 7 heteroatoms. The number of carbonyl (C=O) groups is 2. The number of piperidine rings is 1. The van der Waals surface area contributed by atoms with Gasteiger partial charge in [-0.1, -0.05) is 19.3 Å². The lowest BCUT2D eigenvalue weighted by atomic mass is 9.78. The Morgan fingerprint density at radius 1 is 1.17 bits per heavy atom. The molecule has 0 spiro atoms. The van der Waals surface area contributed by atoms with Crippen LogP contribution in [0.3, 0.4) is 0 Å². The summed E-state index contributed by atoms with van der Waals surface area (Å²) in [6.45, 7) is 2.09. The van der Waals surface area contributed by atoms with Crippen molar-refractivity contribution < 1.29 is 14.3 Å². The Kier molecular flexibility index (Phi) is 8.87. The number of methoxy groups -OCH3 is 1. The van der Waals surface area contributed by atoms with E-state index in [1.54, 1.807) is 7.11 Å². The molecule has 0 aromatic heterocycles. The fourth-order valence-electron chi connectivity index (χ4n) is 3.49. The van der Waals surface area contributed by atoms with E-state index in [-0.39, 0.29) is 36.8 Å². The van der Waals surface area contributed by atoms with Crippen LogP contribution < -0.4 is 16.0 Å². The SMILES string of the molecule is COCC1(C(=O)NCC(=O)NC2CCCCC2)CCNCC1.Cl. The zero-order valence-corrected chi connectivity index (χ0v) is 14.8. The van der Waals surface area contributed by atoms with Gasteiger partial charge in [0.25, 0.3) is 0 Å². The lowest BCUT2D eigenvalue weighted by Gasteiger charge is -2.35. The molecule has 0 unspecified atom stereocenters. The van der Waals surface area contributed by atoms with E-state index < -0.39 is 5.41 Å². The van der Waals surface area contributed by atoms with Gasteiger partial charge in [0, 0.05) is 13.2 Å². The van der Waals surface area contributed by atoms with Crippen molar-refractivity contribution in [3.8, 4) is 0 Å². The van der Waals surface area contributed by atoms with Gasteiger partial charge in [0.05, 0.1) is 18.6 Å². The number of nitrogens with one attached hydrogen (secondary N) is 3.